The number of benzene rings is 3. The highest BCUT2D eigenvalue weighted by atomic mass is 32.1. The first-order valence-corrected chi connectivity index (χ1v) is 10.5. The number of amides is 1. The molecule has 1 N–H and O–H groups in total. The van der Waals surface area contributed by atoms with E-state index in [-0.39, 0.29) is 18.0 Å². The molecule has 3 aromatic carbocycles. The molecule has 0 spiro atoms. The second-order valence-corrected chi connectivity index (χ2v) is 8.40. The second kappa shape index (κ2) is 8.51. The first-order chi connectivity index (χ1) is 14.8. The predicted molar refractivity (Wildman–Crippen MR) is 117 cm³/mol. The summed E-state index contributed by atoms with van der Waals surface area (Å²) in [7, 11) is 0. The number of carbonyl (C=O) groups excluding carboxylic acids is 1. The van der Waals surface area contributed by atoms with Crippen LogP contribution < -0.4 is 5.32 Å². The summed E-state index contributed by atoms with van der Waals surface area (Å²) in [5, 5.41) is 5.78. The summed E-state index contributed by atoms with van der Waals surface area (Å²) in [5.74, 6) is -0.372. The van der Waals surface area contributed by atoms with Gasteiger partial charge in [-0.15, -0.1) is 11.3 Å². The quantitative estimate of drug-likeness (QED) is 0.390. The van der Waals surface area contributed by atoms with Gasteiger partial charge in [-0.25, -0.2) is 4.98 Å². The average Bonchev–Trinajstić information content (AvgIpc) is 3.06. The molecule has 1 aromatic heterocycles. The number of aromatic nitrogens is 1. The molecule has 0 saturated heterocycles. The minimum Gasteiger partial charge on any atom is -0.326 e. The van der Waals surface area contributed by atoms with Crippen molar-refractivity contribution in [3.8, 4) is 0 Å². The highest BCUT2D eigenvalue weighted by molar-refractivity contribution is 7.11. The van der Waals surface area contributed by atoms with Crippen LogP contribution in [0.2, 0.25) is 0 Å². The smallest absolute Gasteiger partial charge is 0.326 e. The number of aryl methyl sites for hydroxylation is 1. The maximum Gasteiger partial charge on any atom is 0.416 e. The SMILES string of the molecule is Cc1nc(Cc2cccc3ccccc23)sc1CC(=O)Nc1cccc(C(F)(F)F)c1. The highest BCUT2D eigenvalue weighted by Crippen LogP contribution is 2.31. The van der Waals surface area contributed by atoms with Crippen molar-refractivity contribution in [1.29, 1.82) is 0 Å². The van der Waals surface area contributed by atoms with Gasteiger partial charge >= 0.3 is 6.18 Å². The maximum absolute atomic E-state index is 12.9. The van der Waals surface area contributed by atoms with Crippen LogP contribution in [0.3, 0.4) is 0 Å². The van der Waals surface area contributed by atoms with Crippen molar-refractivity contribution >= 4 is 33.7 Å². The van der Waals surface area contributed by atoms with Crippen LogP contribution in [0.1, 0.15) is 26.7 Å². The Bertz CT molecular complexity index is 1240. The number of alkyl halides is 3. The molecule has 0 saturated carbocycles. The zero-order valence-electron chi connectivity index (χ0n) is 16.7. The van der Waals surface area contributed by atoms with Gasteiger partial charge in [0, 0.05) is 17.0 Å². The van der Waals surface area contributed by atoms with Crippen LogP contribution in [0, 0.1) is 6.92 Å². The summed E-state index contributed by atoms with van der Waals surface area (Å²) >= 11 is 1.46. The van der Waals surface area contributed by atoms with Crippen molar-refractivity contribution in [2.75, 3.05) is 5.32 Å². The van der Waals surface area contributed by atoms with Crippen LogP contribution in [-0.4, -0.2) is 10.9 Å². The van der Waals surface area contributed by atoms with Gasteiger partial charge < -0.3 is 5.32 Å². The molecule has 1 amide bonds. The molecule has 158 valence electrons. The van der Waals surface area contributed by atoms with E-state index < -0.39 is 11.7 Å². The second-order valence-electron chi connectivity index (χ2n) is 7.23. The summed E-state index contributed by atoms with van der Waals surface area (Å²) in [5.41, 5.74) is 1.25. The summed E-state index contributed by atoms with van der Waals surface area (Å²) in [6.45, 7) is 1.84. The molecule has 0 unspecified atom stereocenters. The fraction of sp³-hybridized carbons (Fsp3) is 0.167. The van der Waals surface area contributed by atoms with Gasteiger partial charge in [-0.3, -0.25) is 4.79 Å². The third-order valence-electron chi connectivity index (χ3n) is 4.95. The van der Waals surface area contributed by atoms with Gasteiger partial charge in [-0.2, -0.15) is 13.2 Å². The topological polar surface area (TPSA) is 42.0 Å². The molecule has 0 fully saturated rings. The van der Waals surface area contributed by atoms with Crippen molar-refractivity contribution in [3.63, 3.8) is 0 Å². The fourth-order valence-corrected chi connectivity index (χ4v) is 4.55. The molecule has 31 heavy (non-hydrogen) atoms. The van der Waals surface area contributed by atoms with Gasteiger partial charge in [0.1, 0.15) is 0 Å². The Morgan fingerprint density at radius 3 is 2.58 bits per heavy atom. The summed E-state index contributed by atoms with van der Waals surface area (Å²) in [6, 6.07) is 18.9. The number of rotatable bonds is 5. The van der Waals surface area contributed by atoms with E-state index in [0.29, 0.717) is 6.42 Å². The van der Waals surface area contributed by atoms with Gasteiger partial charge in [-0.05, 0) is 41.5 Å². The minimum atomic E-state index is -4.45. The molecule has 4 rings (SSSR count). The van der Waals surface area contributed by atoms with Gasteiger partial charge in [0.15, 0.2) is 0 Å². The van der Waals surface area contributed by atoms with Crippen LogP contribution in [-0.2, 0) is 23.8 Å². The average molecular weight is 440 g/mol. The van der Waals surface area contributed by atoms with Gasteiger partial charge in [0.2, 0.25) is 5.91 Å². The molecule has 0 atom stereocenters. The predicted octanol–water partition coefficient (Wildman–Crippen LogP) is 6.40. The van der Waals surface area contributed by atoms with E-state index >= 15 is 0 Å². The normalized spacial score (nSPS) is 11.6. The summed E-state index contributed by atoms with van der Waals surface area (Å²) in [6.07, 6.45) is -3.73. The van der Waals surface area contributed by atoms with Crippen molar-refractivity contribution in [2.45, 2.75) is 25.9 Å². The lowest BCUT2D eigenvalue weighted by atomic mass is 10.0. The number of fused-ring (bicyclic) bond motifs is 1. The number of nitrogens with one attached hydrogen (secondary N) is 1. The summed E-state index contributed by atoms with van der Waals surface area (Å²) in [4.78, 5) is 17.8. The minimum absolute atomic E-state index is 0.0648. The van der Waals surface area contributed by atoms with Crippen LogP contribution in [0.4, 0.5) is 18.9 Å². The van der Waals surface area contributed by atoms with Gasteiger partial charge in [-0.1, -0.05) is 48.5 Å². The maximum atomic E-state index is 12.9. The Labute approximate surface area is 181 Å². The molecule has 0 aliphatic heterocycles. The zero-order chi connectivity index (χ0) is 22.0. The number of carbonyl (C=O) groups is 1. The van der Waals surface area contributed by atoms with E-state index in [0.717, 1.165) is 38.7 Å². The number of nitrogens with zero attached hydrogens (tertiary/aromatic N) is 1. The molecule has 1 heterocycles. The molecular weight excluding hydrogens is 421 g/mol. The van der Waals surface area contributed by atoms with Crippen molar-refractivity contribution in [3.05, 3.63) is 93.4 Å². The first-order valence-electron chi connectivity index (χ1n) is 9.68. The lowest BCUT2D eigenvalue weighted by Gasteiger charge is -2.09. The third-order valence-corrected chi connectivity index (χ3v) is 6.11. The third kappa shape index (κ3) is 4.94. The van der Waals surface area contributed by atoms with Crippen LogP contribution in [0.5, 0.6) is 0 Å². The number of hydrogen-bond acceptors (Lipinski definition) is 3. The monoisotopic (exact) mass is 440 g/mol. The molecule has 3 nitrogen and oxygen atoms in total. The van der Waals surface area contributed by atoms with E-state index in [9.17, 15) is 18.0 Å². The van der Waals surface area contributed by atoms with Gasteiger partial charge in [0.05, 0.1) is 22.7 Å². The lowest BCUT2D eigenvalue weighted by Crippen LogP contribution is -2.15. The fourth-order valence-electron chi connectivity index (χ4n) is 3.46. The first kappa shape index (κ1) is 21.1. The molecule has 0 radical (unpaired) electrons. The Morgan fingerprint density at radius 2 is 1.77 bits per heavy atom. The van der Waals surface area contributed by atoms with E-state index in [1.807, 2.05) is 25.1 Å². The Morgan fingerprint density at radius 1 is 1.03 bits per heavy atom. The van der Waals surface area contributed by atoms with E-state index in [4.69, 9.17) is 0 Å². The molecular formula is C24H19F3N2OS. The Hall–Kier alpha value is -3.19. The Balaban J connectivity index is 1.47. The number of anilines is 1. The largest absolute Gasteiger partial charge is 0.416 e. The van der Waals surface area contributed by atoms with Crippen molar-refractivity contribution < 1.29 is 18.0 Å². The molecule has 4 aromatic rings. The standard InChI is InChI=1S/C24H19F3N2OS/c1-15-21(14-22(30)29-19-10-5-9-18(13-19)24(25,26)27)31-23(28-15)12-17-8-4-7-16-6-2-3-11-20(16)17/h2-11,13H,12,14H2,1H3,(H,29,30). The molecule has 0 bridgehead atoms. The van der Waals surface area contributed by atoms with Crippen molar-refractivity contribution in [2.24, 2.45) is 0 Å². The zero-order valence-corrected chi connectivity index (χ0v) is 17.5. The van der Waals surface area contributed by atoms with E-state index in [2.05, 4.69) is 34.6 Å². The van der Waals surface area contributed by atoms with Gasteiger partial charge in [0.25, 0.3) is 0 Å². The number of thiazole rings is 1. The number of hydrogen-bond donors (Lipinski definition) is 1. The van der Waals surface area contributed by atoms with Crippen LogP contribution >= 0.6 is 11.3 Å². The molecule has 0 aliphatic carbocycles. The van der Waals surface area contributed by atoms with Crippen LogP contribution in [0.25, 0.3) is 10.8 Å². The van der Waals surface area contributed by atoms with E-state index in [1.54, 1.807) is 0 Å². The number of halogens is 3. The lowest BCUT2D eigenvalue weighted by molar-refractivity contribution is -0.137. The molecule has 7 heteroatoms. The summed E-state index contributed by atoms with van der Waals surface area (Å²) < 4.78 is 38.6. The van der Waals surface area contributed by atoms with Crippen LogP contribution in [0.15, 0.2) is 66.7 Å². The molecule has 0 aliphatic rings. The van der Waals surface area contributed by atoms with E-state index in [1.165, 1.54) is 28.9 Å². The highest BCUT2D eigenvalue weighted by Gasteiger charge is 2.30. The van der Waals surface area contributed by atoms with Crippen molar-refractivity contribution in [1.82, 2.24) is 4.98 Å². The Kier molecular flexibility index (Phi) is 5.78.